The second-order valence-electron chi connectivity index (χ2n) is 4.62. The smallest absolute Gasteiger partial charge is 0.496 e. The van der Waals surface area contributed by atoms with Gasteiger partial charge in [-0.25, -0.2) is 14.5 Å². The van der Waals surface area contributed by atoms with Gasteiger partial charge in [-0.3, -0.25) is 4.89 Å². The van der Waals surface area contributed by atoms with Crippen LogP contribution in [0.3, 0.4) is 0 Å². The molecule has 140 valence electrons. The van der Waals surface area contributed by atoms with Crippen LogP contribution >= 0.6 is 0 Å². The highest BCUT2D eigenvalue weighted by Gasteiger charge is 2.21. The lowest BCUT2D eigenvalue weighted by Crippen LogP contribution is -2.15. The molecule has 0 atom stereocenters. The summed E-state index contributed by atoms with van der Waals surface area (Å²) in [4.78, 5) is 31.8. The fourth-order valence-electron chi connectivity index (χ4n) is 1.73. The molecule has 9 heteroatoms. The summed E-state index contributed by atoms with van der Waals surface area (Å²) in [6.45, 7) is 2.84. The molecule has 25 heavy (non-hydrogen) atoms. The average molecular weight is 358 g/mol. The predicted molar refractivity (Wildman–Crippen MR) is 84.2 cm³/mol. The van der Waals surface area contributed by atoms with Crippen molar-refractivity contribution >= 4 is 12.1 Å². The van der Waals surface area contributed by atoms with Crippen molar-refractivity contribution in [3.05, 3.63) is 23.8 Å². The van der Waals surface area contributed by atoms with Crippen molar-refractivity contribution in [2.24, 2.45) is 0 Å². The maximum absolute atomic E-state index is 12.0. The Bertz CT molecular complexity index is 522. The molecular formula is C16H22O9. The third-order valence-electron chi connectivity index (χ3n) is 2.93. The summed E-state index contributed by atoms with van der Waals surface area (Å²) < 4.78 is 19.9. The molecule has 9 nitrogen and oxygen atoms in total. The molecule has 0 unspecified atom stereocenters. The van der Waals surface area contributed by atoms with Gasteiger partial charge >= 0.3 is 12.1 Å². The molecule has 0 aliphatic heterocycles. The van der Waals surface area contributed by atoms with Gasteiger partial charge in [0.25, 0.3) is 0 Å². The molecule has 0 spiro atoms. The van der Waals surface area contributed by atoms with E-state index in [1.165, 1.54) is 26.4 Å². The molecule has 0 saturated heterocycles. The van der Waals surface area contributed by atoms with Crippen molar-refractivity contribution in [1.82, 2.24) is 0 Å². The maximum Gasteiger partial charge on any atom is 0.543 e. The van der Waals surface area contributed by atoms with Gasteiger partial charge in [0.1, 0.15) is 23.7 Å². The molecule has 1 aromatic carbocycles. The number of hydrogen-bond acceptors (Lipinski definition) is 9. The second-order valence-corrected chi connectivity index (χ2v) is 4.62. The monoisotopic (exact) mass is 358 g/mol. The summed E-state index contributed by atoms with van der Waals surface area (Å²) in [5.74, 6) is -0.551. The van der Waals surface area contributed by atoms with Gasteiger partial charge < -0.3 is 18.9 Å². The Balaban J connectivity index is 2.34. The van der Waals surface area contributed by atoms with E-state index >= 15 is 0 Å². The molecular weight excluding hydrogens is 336 g/mol. The Morgan fingerprint density at radius 2 is 1.64 bits per heavy atom. The minimum absolute atomic E-state index is 0.0137. The van der Waals surface area contributed by atoms with Crippen molar-refractivity contribution in [2.75, 3.05) is 34.0 Å². The van der Waals surface area contributed by atoms with Crippen molar-refractivity contribution in [3.8, 4) is 11.5 Å². The van der Waals surface area contributed by atoms with Gasteiger partial charge in [-0.15, -0.1) is 0 Å². The van der Waals surface area contributed by atoms with Crippen LogP contribution in [0.4, 0.5) is 4.79 Å². The lowest BCUT2D eigenvalue weighted by molar-refractivity contribution is -0.452. The first-order valence-electron chi connectivity index (χ1n) is 7.65. The van der Waals surface area contributed by atoms with Crippen LogP contribution < -0.4 is 9.47 Å². The van der Waals surface area contributed by atoms with E-state index in [9.17, 15) is 9.59 Å². The lowest BCUT2D eigenvalue weighted by atomic mass is 10.2. The number of unbranched alkanes of at least 4 members (excludes halogenated alkanes) is 1. The quantitative estimate of drug-likeness (QED) is 0.256. The normalized spacial score (nSPS) is 10.0. The Labute approximate surface area is 145 Å². The van der Waals surface area contributed by atoms with Gasteiger partial charge in [0.2, 0.25) is 0 Å². The van der Waals surface area contributed by atoms with Crippen LogP contribution in [0.1, 0.15) is 30.1 Å². The molecule has 0 saturated carbocycles. The van der Waals surface area contributed by atoms with E-state index in [1.807, 2.05) is 6.92 Å². The first-order valence-corrected chi connectivity index (χ1v) is 7.65. The second kappa shape index (κ2) is 11.9. The maximum atomic E-state index is 12.0. The SMILES string of the molecule is CCCCOCCOC(=O)OOOC(=O)c1c(OC)cccc1OC. The molecule has 1 aromatic rings. The van der Waals surface area contributed by atoms with Gasteiger partial charge in [-0.2, -0.15) is 0 Å². The van der Waals surface area contributed by atoms with Gasteiger partial charge in [0.15, 0.2) is 0 Å². The summed E-state index contributed by atoms with van der Waals surface area (Å²) in [6.07, 6.45) is 0.772. The standard InChI is InChI=1S/C16H22O9/c1-4-5-9-21-10-11-22-16(18)24-25-23-15(17)14-12(19-2)7-6-8-13(14)20-3/h6-8H,4-5,9-11H2,1-3H3. The Morgan fingerprint density at radius 1 is 0.960 bits per heavy atom. The highest BCUT2D eigenvalue weighted by Crippen LogP contribution is 2.28. The Hall–Kier alpha value is -2.52. The zero-order valence-electron chi connectivity index (χ0n) is 14.4. The first-order chi connectivity index (χ1) is 12.1. The van der Waals surface area contributed by atoms with E-state index in [1.54, 1.807) is 6.07 Å². The molecule has 0 amide bonds. The molecule has 0 N–H and O–H groups in total. The number of rotatable bonds is 11. The van der Waals surface area contributed by atoms with E-state index in [4.69, 9.17) is 14.2 Å². The van der Waals surface area contributed by atoms with Crippen LogP contribution in [0.15, 0.2) is 18.2 Å². The number of hydrogen-bond donors (Lipinski definition) is 0. The number of ether oxygens (including phenoxy) is 4. The van der Waals surface area contributed by atoms with Gasteiger partial charge in [-0.1, -0.05) is 19.4 Å². The zero-order valence-corrected chi connectivity index (χ0v) is 14.4. The van der Waals surface area contributed by atoms with E-state index < -0.39 is 12.1 Å². The Kier molecular flexibility index (Phi) is 9.79. The average Bonchev–Trinajstić information content (AvgIpc) is 2.63. The third-order valence-corrected chi connectivity index (χ3v) is 2.93. The fourth-order valence-corrected chi connectivity index (χ4v) is 1.73. The molecule has 0 heterocycles. The Morgan fingerprint density at radius 3 is 2.24 bits per heavy atom. The molecule has 0 aliphatic carbocycles. The molecule has 0 aliphatic rings. The van der Waals surface area contributed by atoms with Crippen molar-refractivity contribution in [3.63, 3.8) is 0 Å². The summed E-state index contributed by atoms with van der Waals surface area (Å²) in [5.41, 5.74) is -0.0196. The van der Waals surface area contributed by atoms with Crippen molar-refractivity contribution in [2.45, 2.75) is 19.8 Å². The minimum Gasteiger partial charge on any atom is -0.496 e. The van der Waals surface area contributed by atoms with E-state index in [0.717, 1.165) is 12.8 Å². The summed E-state index contributed by atoms with van der Waals surface area (Å²) in [7, 11) is 2.76. The van der Waals surface area contributed by atoms with Crippen LogP contribution in [0.25, 0.3) is 0 Å². The summed E-state index contributed by atoms with van der Waals surface area (Å²) >= 11 is 0. The topological polar surface area (TPSA) is 98.8 Å². The molecule has 0 radical (unpaired) electrons. The van der Waals surface area contributed by atoms with Gasteiger partial charge in [0, 0.05) is 6.61 Å². The van der Waals surface area contributed by atoms with Crippen LogP contribution in [0, 0.1) is 0 Å². The van der Waals surface area contributed by atoms with Crippen molar-refractivity contribution < 1.29 is 43.3 Å². The minimum atomic E-state index is -1.17. The number of carbonyl (C=O) groups is 2. The highest BCUT2D eigenvalue weighted by atomic mass is 17.5. The molecule has 0 bridgehead atoms. The van der Waals surface area contributed by atoms with Crippen molar-refractivity contribution in [1.29, 1.82) is 0 Å². The fraction of sp³-hybridized carbons (Fsp3) is 0.500. The lowest BCUT2D eigenvalue weighted by Gasteiger charge is -2.10. The van der Waals surface area contributed by atoms with Crippen LogP contribution in [0.5, 0.6) is 11.5 Å². The van der Waals surface area contributed by atoms with Gasteiger partial charge in [0.05, 0.1) is 25.9 Å². The number of methoxy groups -OCH3 is 2. The van der Waals surface area contributed by atoms with Crippen LogP contribution in [-0.2, 0) is 24.3 Å². The summed E-state index contributed by atoms with van der Waals surface area (Å²) in [6, 6.07) is 4.70. The van der Waals surface area contributed by atoms with Crippen LogP contribution in [0.2, 0.25) is 0 Å². The molecule has 1 rings (SSSR count). The zero-order chi connectivity index (χ0) is 18.5. The number of benzene rings is 1. The van der Waals surface area contributed by atoms with Crippen LogP contribution in [-0.4, -0.2) is 46.2 Å². The van der Waals surface area contributed by atoms with E-state index in [2.05, 4.69) is 19.6 Å². The molecule has 0 aromatic heterocycles. The summed E-state index contributed by atoms with van der Waals surface area (Å²) in [5, 5.41) is 4.13. The predicted octanol–water partition coefficient (Wildman–Crippen LogP) is 2.68. The van der Waals surface area contributed by atoms with Gasteiger partial charge in [-0.05, 0) is 18.6 Å². The van der Waals surface area contributed by atoms with E-state index in [0.29, 0.717) is 6.61 Å². The van der Waals surface area contributed by atoms with E-state index in [-0.39, 0.29) is 30.3 Å². The highest BCUT2D eigenvalue weighted by molar-refractivity contribution is 5.95. The number of carbonyl (C=O) groups excluding carboxylic acids is 2. The largest absolute Gasteiger partial charge is 0.543 e. The molecule has 0 fully saturated rings. The first kappa shape index (κ1) is 20.5. The third kappa shape index (κ3) is 7.27.